The summed E-state index contributed by atoms with van der Waals surface area (Å²) >= 11 is 7.90. The molecule has 2 aromatic rings. The highest BCUT2D eigenvalue weighted by molar-refractivity contribution is 8.06. The van der Waals surface area contributed by atoms with Crippen LogP contribution in [0.15, 0.2) is 32.0 Å². The van der Waals surface area contributed by atoms with Crippen LogP contribution in [-0.4, -0.2) is 33.0 Å². The van der Waals surface area contributed by atoms with E-state index in [1.54, 1.807) is 0 Å². The van der Waals surface area contributed by atoms with Gasteiger partial charge >= 0.3 is 0 Å². The lowest BCUT2D eigenvalue weighted by atomic mass is 10.3. The lowest BCUT2D eigenvalue weighted by molar-refractivity contribution is 1.23. The quantitative estimate of drug-likeness (QED) is 0.817. The van der Waals surface area contributed by atoms with Crippen LogP contribution < -0.4 is 0 Å². The first kappa shape index (κ1) is 11.8. The van der Waals surface area contributed by atoms with E-state index in [9.17, 15) is 0 Å². The maximum absolute atomic E-state index is 3.47. The molecule has 94 valence electrons. The maximum Gasteiger partial charge on any atom is 0.0781 e. The Morgan fingerprint density at radius 3 is 1.61 bits per heavy atom. The summed E-state index contributed by atoms with van der Waals surface area (Å²) in [6.07, 6.45) is 4.32. The Labute approximate surface area is 123 Å². The highest BCUT2D eigenvalue weighted by atomic mass is 32.2. The highest BCUT2D eigenvalue weighted by Gasteiger charge is 2.23. The van der Waals surface area contributed by atoms with Crippen molar-refractivity contribution in [2.24, 2.45) is 0 Å². The summed E-state index contributed by atoms with van der Waals surface area (Å²) in [7, 11) is 0. The van der Waals surface area contributed by atoms with E-state index < -0.39 is 0 Å². The SMILES string of the molecule is c1[nH]c(-c2[nH]cc3c2SCCS3)c2c1SCCS2. The van der Waals surface area contributed by atoms with Gasteiger partial charge in [0.25, 0.3) is 0 Å². The lowest BCUT2D eigenvalue weighted by Crippen LogP contribution is -1.94. The Morgan fingerprint density at radius 1 is 0.667 bits per heavy atom. The fourth-order valence-corrected chi connectivity index (χ4v) is 6.90. The van der Waals surface area contributed by atoms with Gasteiger partial charge in [-0.3, -0.25) is 0 Å². The molecule has 0 radical (unpaired) electrons. The standard InChI is InChI=1S/C12H12N2S4/c1-3-17-11-7(15-1)5-13-9(11)10-12-8(6-14-10)16-2-4-18-12/h5-6,13-14H,1-4H2. The second-order valence-electron chi connectivity index (χ2n) is 4.11. The van der Waals surface area contributed by atoms with Crippen LogP contribution in [0.25, 0.3) is 11.4 Å². The Bertz CT molecular complexity index is 535. The van der Waals surface area contributed by atoms with Crippen molar-refractivity contribution in [2.75, 3.05) is 23.0 Å². The molecule has 0 saturated heterocycles. The molecule has 2 aromatic heterocycles. The molecular weight excluding hydrogens is 300 g/mol. The summed E-state index contributed by atoms with van der Waals surface area (Å²) in [4.78, 5) is 12.7. The van der Waals surface area contributed by atoms with Crippen LogP contribution in [0.1, 0.15) is 0 Å². The number of nitrogens with one attached hydrogen (secondary N) is 2. The van der Waals surface area contributed by atoms with Gasteiger partial charge in [0.15, 0.2) is 0 Å². The topological polar surface area (TPSA) is 31.6 Å². The molecule has 0 spiro atoms. The summed E-state index contributed by atoms with van der Waals surface area (Å²) in [6, 6.07) is 0. The molecule has 0 aliphatic carbocycles. The molecular formula is C12H12N2S4. The first-order valence-electron chi connectivity index (χ1n) is 5.88. The number of thioether (sulfide) groups is 4. The van der Waals surface area contributed by atoms with E-state index in [1.165, 1.54) is 54.0 Å². The molecule has 2 N–H and O–H groups in total. The summed E-state index contributed by atoms with van der Waals surface area (Å²) in [5, 5.41) is 0. The van der Waals surface area contributed by atoms with Crippen molar-refractivity contribution in [3.05, 3.63) is 12.4 Å². The average molecular weight is 313 g/mol. The van der Waals surface area contributed by atoms with Gasteiger partial charge in [-0.25, -0.2) is 0 Å². The van der Waals surface area contributed by atoms with Gasteiger partial charge in [0.2, 0.25) is 0 Å². The summed E-state index contributed by atoms with van der Waals surface area (Å²) < 4.78 is 0. The number of H-pyrrole nitrogens is 2. The van der Waals surface area contributed by atoms with Gasteiger partial charge in [-0.1, -0.05) is 0 Å². The van der Waals surface area contributed by atoms with Crippen LogP contribution in [0.4, 0.5) is 0 Å². The molecule has 6 heteroatoms. The second-order valence-corrected chi connectivity index (χ2v) is 8.59. The number of hydrogen-bond acceptors (Lipinski definition) is 4. The van der Waals surface area contributed by atoms with E-state index >= 15 is 0 Å². The maximum atomic E-state index is 3.47. The molecule has 0 saturated carbocycles. The molecule has 0 aromatic carbocycles. The number of hydrogen-bond donors (Lipinski definition) is 2. The van der Waals surface area contributed by atoms with E-state index in [4.69, 9.17) is 0 Å². The summed E-state index contributed by atoms with van der Waals surface area (Å²) in [5.74, 6) is 4.88. The lowest BCUT2D eigenvalue weighted by Gasteiger charge is -2.14. The Kier molecular flexibility index (Phi) is 3.14. The van der Waals surface area contributed by atoms with Crippen molar-refractivity contribution in [1.82, 2.24) is 9.97 Å². The fraction of sp³-hybridized carbons (Fsp3) is 0.333. The zero-order chi connectivity index (χ0) is 11.9. The average Bonchev–Trinajstić information content (AvgIpc) is 3.01. The number of rotatable bonds is 1. The van der Waals surface area contributed by atoms with Crippen molar-refractivity contribution in [2.45, 2.75) is 19.6 Å². The van der Waals surface area contributed by atoms with Crippen molar-refractivity contribution in [1.29, 1.82) is 0 Å². The van der Waals surface area contributed by atoms with E-state index in [-0.39, 0.29) is 0 Å². The monoisotopic (exact) mass is 312 g/mol. The fourth-order valence-electron chi connectivity index (χ4n) is 2.25. The molecule has 0 fully saturated rings. The minimum atomic E-state index is 1.22. The van der Waals surface area contributed by atoms with Crippen LogP contribution >= 0.6 is 47.0 Å². The van der Waals surface area contributed by atoms with E-state index in [1.807, 2.05) is 47.0 Å². The summed E-state index contributed by atoms with van der Waals surface area (Å²) in [5.41, 5.74) is 2.58. The predicted octanol–water partition coefficient (Wildman–Crippen LogP) is 4.41. The molecule has 0 amide bonds. The van der Waals surface area contributed by atoms with Crippen LogP contribution in [0.2, 0.25) is 0 Å². The van der Waals surface area contributed by atoms with Gasteiger partial charge in [-0.05, 0) is 0 Å². The first-order chi connectivity index (χ1) is 8.93. The van der Waals surface area contributed by atoms with E-state index in [2.05, 4.69) is 22.4 Å². The minimum absolute atomic E-state index is 1.22. The molecule has 4 heterocycles. The normalized spacial score (nSPS) is 18.4. The van der Waals surface area contributed by atoms with Crippen molar-refractivity contribution in [3.63, 3.8) is 0 Å². The first-order valence-corrected chi connectivity index (χ1v) is 9.82. The third kappa shape index (κ3) is 1.85. The molecule has 2 nitrogen and oxygen atoms in total. The third-order valence-corrected chi connectivity index (χ3v) is 8.12. The third-order valence-electron chi connectivity index (χ3n) is 3.02. The van der Waals surface area contributed by atoms with Gasteiger partial charge in [-0.2, -0.15) is 0 Å². The van der Waals surface area contributed by atoms with Crippen molar-refractivity contribution >= 4 is 47.0 Å². The van der Waals surface area contributed by atoms with E-state index in [0.717, 1.165) is 0 Å². The van der Waals surface area contributed by atoms with Gasteiger partial charge in [-0.15, -0.1) is 47.0 Å². The van der Waals surface area contributed by atoms with Gasteiger partial charge in [0.1, 0.15) is 0 Å². The van der Waals surface area contributed by atoms with Crippen molar-refractivity contribution in [3.8, 4) is 11.4 Å². The summed E-state index contributed by atoms with van der Waals surface area (Å²) in [6.45, 7) is 0. The van der Waals surface area contributed by atoms with Gasteiger partial charge < -0.3 is 9.97 Å². The number of fused-ring (bicyclic) bond motifs is 2. The molecule has 2 aliphatic heterocycles. The molecule has 0 unspecified atom stereocenters. The Morgan fingerprint density at radius 2 is 1.11 bits per heavy atom. The molecule has 18 heavy (non-hydrogen) atoms. The zero-order valence-electron chi connectivity index (χ0n) is 9.62. The second kappa shape index (κ2) is 4.81. The highest BCUT2D eigenvalue weighted by Crippen LogP contribution is 2.47. The van der Waals surface area contributed by atoms with Crippen LogP contribution in [0, 0.1) is 0 Å². The zero-order valence-corrected chi connectivity index (χ0v) is 12.9. The van der Waals surface area contributed by atoms with Gasteiger partial charge in [0.05, 0.1) is 11.4 Å². The molecule has 2 aliphatic rings. The minimum Gasteiger partial charge on any atom is -0.358 e. The largest absolute Gasteiger partial charge is 0.358 e. The predicted molar refractivity (Wildman–Crippen MR) is 83.5 cm³/mol. The number of aromatic amines is 2. The molecule has 0 bridgehead atoms. The van der Waals surface area contributed by atoms with E-state index in [0.29, 0.717) is 0 Å². The number of aromatic nitrogens is 2. The Balaban J connectivity index is 1.83. The molecule has 0 atom stereocenters. The van der Waals surface area contributed by atoms with Gasteiger partial charge in [0, 0.05) is 55.0 Å². The molecule has 4 rings (SSSR count). The smallest absolute Gasteiger partial charge is 0.0781 e. The van der Waals surface area contributed by atoms with Crippen LogP contribution in [-0.2, 0) is 0 Å². The van der Waals surface area contributed by atoms with Crippen molar-refractivity contribution < 1.29 is 0 Å². The Hall–Kier alpha value is -0.0400. The van der Waals surface area contributed by atoms with Crippen LogP contribution in [0.5, 0.6) is 0 Å². The van der Waals surface area contributed by atoms with Crippen LogP contribution in [0.3, 0.4) is 0 Å².